The van der Waals surface area contributed by atoms with Crippen LogP contribution >= 0.6 is 0 Å². The number of carbonyl (C=O) groups is 2. The van der Waals surface area contributed by atoms with Crippen LogP contribution in [0.2, 0.25) is 0 Å². The molecule has 0 saturated carbocycles. The number of nitrogens with zero attached hydrogens (tertiary/aromatic N) is 2. The van der Waals surface area contributed by atoms with Crippen molar-refractivity contribution in [1.82, 2.24) is 4.90 Å². The molecule has 2 amide bonds. The summed E-state index contributed by atoms with van der Waals surface area (Å²) in [6, 6.07) is 6.66. The maximum atomic E-state index is 12.4. The largest absolute Gasteiger partial charge is 0.339 e. The van der Waals surface area contributed by atoms with E-state index in [4.69, 9.17) is 5.14 Å². The molecule has 1 unspecified atom stereocenters. The molecule has 1 aromatic carbocycles. The number of amides is 2. The first-order valence-corrected chi connectivity index (χ1v) is 9.10. The second-order valence-corrected chi connectivity index (χ2v) is 7.29. The molecule has 1 aliphatic heterocycles. The van der Waals surface area contributed by atoms with Crippen molar-refractivity contribution in [3.8, 4) is 0 Å². The summed E-state index contributed by atoms with van der Waals surface area (Å²) in [5, 5.41) is 4.22. The summed E-state index contributed by atoms with van der Waals surface area (Å²) in [6.45, 7) is 4.99. The normalized spacial score (nSPS) is 18.3. The quantitative estimate of drug-likeness (QED) is 0.847. The van der Waals surface area contributed by atoms with Crippen molar-refractivity contribution in [2.45, 2.75) is 25.5 Å². The molecule has 1 heterocycles. The minimum absolute atomic E-state index is 0.0145. The van der Waals surface area contributed by atoms with Crippen LogP contribution in [0.1, 0.15) is 30.6 Å². The van der Waals surface area contributed by atoms with E-state index in [1.165, 1.54) is 4.90 Å². The lowest BCUT2D eigenvalue weighted by Gasteiger charge is -2.21. The molecule has 0 bridgehead atoms. The summed E-state index contributed by atoms with van der Waals surface area (Å²) in [4.78, 5) is 27.5. The van der Waals surface area contributed by atoms with Crippen LogP contribution in [-0.2, 0) is 14.8 Å². The van der Waals surface area contributed by atoms with Gasteiger partial charge in [0.2, 0.25) is 15.9 Å². The number of hydrogen-bond donors (Lipinski definition) is 1. The fourth-order valence-corrected chi connectivity index (χ4v) is 3.38. The summed E-state index contributed by atoms with van der Waals surface area (Å²) in [5.74, 6) is -0.428. The van der Waals surface area contributed by atoms with Crippen LogP contribution in [0, 0.1) is 0 Å². The van der Waals surface area contributed by atoms with Crippen molar-refractivity contribution >= 4 is 27.5 Å². The molecule has 1 aromatic rings. The van der Waals surface area contributed by atoms with E-state index < -0.39 is 15.3 Å². The first-order valence-electron chi connectivity index (χ1n) is 7.49. The highest BCUT2D eigenvalue weighted by atomic mass is 32.2. The van der Waals surface area contributed by atoms with Gasteiger partial charge in [-0.1, -0.05) is 6.07 Å². The number of primary sulfonamides is 1. The molecule has 2 rings (SSSR count). The summed E-state index contributed by atoms with van der Waals surface area (Å²) in [6.07, 6.45) is -0.132. The van der Waals surface area contributed by atoms with Gasteiger partial charge in [0.05, 0.1) is 0 Å². The maximum absolute atomic E-state index is 12.4. The second kappa shape index (κ2) is 6.67. The molecule has 2 N–H and O–H groups in total. The van der Waals surface area contributed by atoms with Gasteiger partial charge in [0.1, 0.15) is 5.25 Å². The maximum Gasteiger partial charge on any atom is 0.253 e. The van der Waals surface area contributed by atoms with E-state index in [1.807, 2.05) is 13.8 Å². The van der Waals surface area contributed by atoms with E-state index in [-0.39, 0.29) is 24.8 Å². The standard InChI is InChI=1S/C15H21N3O4S/c1-3-17(4-2)15(20)11-6-5-7-12(8-11)18-10-13(9-14(18)19)23(16,21)22/h5-8,13H,3-4,9-10H2,1-2H3,(H2,16,21,22). The Morgan fingerprint density at radius 3 is 2.52 bits per heavy atom. The average molecular weight is 339 g/mol. The number of rotatable bonds is 5. The Morgan fingerprint density at radius 1 is 1.35 bits per heavy atom. The minimum atomic E-state index is -3.76. The molecule has 0 aromatic heterocycles. The Hall–Kier alpha value is -1.93. The van der Waals surface area contributed by atoms with Crippen molar-refractivity contribution in [2.75, 3.05) is 24.5 Å². The molecule has 1 aliphatic rings. The van der Waals surface area contributed by atoms with Gasteiger partial charge in [0, 0.05) is 37.3 Å². The molecule has 1 atom stereocenters. The van der Waals surface area contributed by atoms with Crippen LogP contribution in [0.3, 0.4) is 0 Å². The van der Waals surface area contributed by atoms with Crippen molar-refractivity contribution in [1.29, 1.82) is 0 Å². The summed E-state index contributed by atoms with van der Waals surface area (Å²) >= 11 is 0. The molecule has 0 spiro atoms. The lowest BCUT2D eigenvalue weighted by Crippen LogP contribution is -2.32. The van der Waals surface area contributed by atoms with Gasteiger partial charge in [-0.2, -0.15) is 0 Å². The molecule has 8 heteroatoms. The topological polar surface area (TPSA) is 101 Å². The van der Waals surface area contributed by atoms with Crippen molar-refractivity contribution < 1.29 is 18.0 Å². The third-order valence-corrected chi connectivity index (χ3v) is 5.25. The van der Waals surface area contributed by atoms with Gasteiger partial charge in [-0.3, -0.25) is 9.59 Å². The highest BCUT2D eigenvalue weighted by Crippen LogP contribution is 2.25. The van der Waals surface area contributed by atoms with Crippen LogP contribution in [0.5, 0.6) is 0 Å². The van der Waals surface area contributed by atoms with E-state index in [0.717, 1.165) is 0 Å². The van der Waals surface area contributed by atoms with Gasteiger partial charge in [0.15, 0.2) is 0 Å². The van der Waals surface area contributed by atoms with Gasteiger partial charge >= 0.3 is 0 Å². The monoisotopic (exact) mass is 339 g/mol. The molecular formula is C15H21N3O4S. The lowest BCUT2D eigenvalue weighted by atomic mass is 10.1. The highest BCUT2D eigenvalue weighted by Gasteiger charge is 2.37. The van der Waals surface area contributed by atoms with Gasteiger partial charge in [-0.25, -0.2) is 13.6 Å². The molecule has 23 heavy (non-hydrogen) atoms. The summed E-state index contributed by atoms with van der Waals surface area (Å²) in [7, 11) is -3.76. The number of carbonyl (C=O) groups excluding carboxylic acids is 2. The molecule has 126 valence electrons. The fraction of sp³-hybridized carbons (Fsp3) is 0.467. The zero-order chi connectivity index (χ0) is 17.2. The van der Waals surface area contributed by atoms with E-state index in [2.05, 4.69) is 0 Å². The van der Waals surface area contributed by atoms with Gasteiger partial charge in [-0.15, -0.1) is 0 Å². The fourth-order valence-electron chi connectivity index (χ4n) is 2.64. The summed E-state index contributed by atoms with van der Waals surface area (Å²) in [5.41, 5.74) is 0.984. The molecule has 0 radical (unpaired) electrons. The Kier molecular flexibility index (Phi) is 5.06. The first kappa shape index (κ1) is 17.4. The highest BCUT2D eigenvalue weighted by molar-refractivity contribution is 7.89. The second-order valence-electron chi connectivity index (χ2n) is 5.45. The van der Waals surface area contributed by atoms with Crippen LogP contribution in [0.15, 0.2) is 24.3 Å². The Bertz CT molecular complexity index is 713. The van der Waals surface area contributed by atoms with Gasteiger partial charge in [-0.05, 0) is 32.0 Å². The average Bonchev–Trinajstić information content (AvgIpc) is 2.90. The van der Waals surface area contributed by atoms with Crippen molar-refractivity contribution in [3.05, 3.63) is 29.8 Å². The van der Waals surface area contributed by atoms with Crippen molar-refractivity contribution in [2.24, 2.45) is 5.14 Å². The SMILES string of the molecule is CCN(CC)C(=O)c1cccc(N2CC(S(N)(=O)=O)CC2=O)c1. The first-order chi connectivity index (χ1) is 10.8. The Morgan fingerprint density at radius 2 is 2.00 bits per heavy atom. The number of nitrogens with two attached hydrogens (primary N) is 1. The van der Waals surface area contributed by atoms with E-state index in [9.17, 15) is 18.0 Å². The Labute approximate surface area is 136 Å². The van der Waals surface area contributed by atoms with Crippen LogP contribution in [-0.4, -0.2) is 50.0 Å². The minimum Gasteiger partial charge on any atom is -0.339 e. The van der Waals surface area contributed by atoms with E-state index in [1.54, 1.807) is 29.2 Å². The third kappa shape index (κ3) is 3.70. The number of anilines is 1. The number of sulfonamides is 1. The number of benzene rings is 1. The van der Waals surface area contributed by atoms with E-state index in [0.29, 0.717) is 24.3 Å². The molecule has 0 aliphatic carbocycles. The van der Waals surface area contributed by atoms with Crippen molar-refractivity contribution in [3.63, 3.8) is 0 Å². The van der Waals surface area contributed by atoms with Crippen LogP contribution in [0.25, 0.3) is 0 Å². The number of hydrogen-bond acceptors (Lipinski definition) is 4. The van der Waals surface area contributed by atoms with Gasteiger partial charge < -0.3 is 9.80 Å². The van der Waals surface area contributed by atoms with Crippen LogP contribution in [0.4, 0.5) is 5.69 Å². The zero-order valence-electron chi connectivity index (χ0n) is 13.2. The summed E-state index contributed by atoms with van der Waals surface area (Å²) < 4.78 is 22.9. The zero-order valence-corrected chi connectivity index (χ0v) is 14.0. The van der Waals surface area contributed by atoms with E-state index >= 15 is 0 Å². The molecule has 1 fully saturated rings. The molecule has 7 nitrogen and oxygen atoms in total. The molecular weight excluding hydrogens is 318 g/mol. The lowest BCUT2D eigenvalue weighted by molar-refractivity contribution is -0.117. The predicted molar refractivity (Wildman–Crippen MR) is 87.6 cm³/mol. The predicted octanol–water partition coefficient (Wildman–Crippen LogP) is 0.562. The Balaban J connectivity index is 2.27. The van der Waals surface area contributed by atoms with Gasteiger partial charge in [0.25, 0.3) is 5.91 Å². The third-order valence-electron chi connectivity index (χ3n) is 4.01. The van der Waals surface area contributed by atoms with Crippen LogP contribution < -0.4 is 10.0 Å². The smallest absolute Gasteiger partial charge is 0.253 e. The molecule has 1 saturated heterocycles.